The van der Waals surface area contributed by atoms with Gasteiger partial charge in [0.2, 0.25) is 0 Å². The molecule has 1 aromatic rings. The Bertz CT molecular complexity index is 564. The predicted molar refractivity (Wildman–Crippen MR) is 74.3 cm³/mol. The molecule has 9 heteroatoms. The third-order valence-electron chi connectivity index (χ3n) is 3.49. The number of alkyl halides is 5. The zero-order chi connectivity index (χ0) is 18.5. The van der Waals surface area contributed by atoms with Crippen LogP contribution in [0.3, 0.4) is 0 Å². The first-order valence-electron chi connectivity index (χ1n) is 7.09. The van der Waals surface area contributed by atoms with Crippen molar-refractivity contribution in [3.63, 3.8) is 0 Å². The number of aliphatic carboxylic acids is 1. The molecule has 0 bridgehead atoms. The summed E-state index contributed by atoms with van der Waals surface area (Å²) in [6.07, 6.45) is -3.56. The van der Waals surface area contributed by atoms with E-state index in [1.54, 1.807) is 0 Å². The fraction of sp³-hybridized carbons (Fsp3) is 0.533. The number of halogens is 6. The van der Waals surface area contributed by atoms with Crippen molar-refractivity contribution >= 4 is 5.97 Å². The molecule has 1 aliphatic heterocycles. The van der Waals surface area contributed by atoms with Crippen LogP contribution in [-0.4, -0.2) is 30.3 Å². The minimum Gasteiger partial charge on any atom is -0.475 e. The smallest absolute Gasteiger partial charge is 0.475 e. The SMILES string of the molecule is CC(F)(F)c1ccc(CCC2CNC2)c(F)c1.O=C(O)C(F)(F)F. The van der Waals surface area contributed by atoms with Gasteiger partial charge in [-0.15, -0.1) is 0 Å². The molecule has 1 fully saturated rings. The second kappa shape index (κ2) is 7.87. The van der Waals surface area contributed by atoms with Gasteiger partial charge in [0.15, 0.2) is 0 Å². The third kappa shape index (κ3) is 6.38. The van der Waals surface area contributed by atoms with Gasteiger partial charge in [0.1, 0.15) is 5.82 Å². The van der Waals surface area contributed by atoms with Crippen LogP contribution in [-0.2, 0) is 17.1 Å². The van der Waals surface area contributed by atoms with Gasteiger partial charge < -0.3 is 10.4 Å². The molecule has 1 aromatic carbocycles. The van der Waals surface area contributed by atoms with E-state index in [0.717, 1.165) is 32.5 Å². The average molecular weight is 357 g/mol. The number of hydrogen-bond donors (Lipinski definition) is 2. The zero-order valence-corrected chi connectivity index (χ0v) is 12.8. The van der Waals surface area contributed by atoms with Crippen molar-refractivity contribution in [3.8, 4) is 0 Å². The van der Waals surface area contributed by atoms with E-state index in [4.69, 9.17) is 9.90 Å². The van der Waals surface area contributed by atoms with Crippen LogP contribution in [0.1, 0.15) is 24.5 Å². The largest absolute Gasteiger partial charge is 0.490 e. The highest BCUT2D eigenvalue weighted by Gasteiger charge is 2.38. The standard InChI is InChI=1S/C13H16F3N.C2HF3O2/c1-13(15,16)11-5-4-10(12(14)6-11)3-2-9-7-17-8-9;3-2(4,5)1(6)7/h4-6,9,17H,2-3,7-8H2,1H3;(H,6,7). The van der Waals surface area contributed by atoms with E-state index in [1.807, 2.05) is 0 Å². The van der Waals surface area contributed by atoms with E-state index in [0.29, 0.717) is 17.9 Å². The average Bonchev–Trinajstić information content (AvgIpc) is 2.37. The highest BCUT2D eigenvalue weighted by Crippen LogP contribution is 2.28. The van der Waals surface area contributed by atoms with Gasteiger partial charge in [0.05, 0.1) is 0 Å². The number of aryl methyl sites for hydroxylation is 1. The molecule has 0 atom stereocenters. The minimum absolute atomic E-state index is 0.260. The maximum absolute atomic E-state index is 13.6. The number of nitrogens with one attached hydrogen (secondary N) is 1. The van der Waals surface area contributed by atoms with Crippen LogP contribution in [0.4, 0.5) is 26.3 Å². The maximum atomic E-state index is 13.6. The van der Waals surface area contributed by atoms with Crippen LogP contribution in [0.15, 0.2) is 18.2 Å². The monoisotopic (exact) mass is 357 g/mol. The van der Waals surface area contributed by atoms with E-state index < -0.39 is 23.9 Å². The summed E-state index contributed by atoms with van der Waals surface area (Å²) in [4.78, 5) is 8.90. The van der Waals surface area contributed by atoms with E-state index in [9.17, 15) is 26.3 Å². The van der Waals surface area contributed by atoms with E-state index in [-0.39, 0.29) is 5.56 Å². The van der Waals surface area contributed by atoms with E-state index in [2.05, 4.69) is 5.32 Å². The van der Waals surface area contributed by atoms with Crippen molar-refractivity contribution in [1.29, 1.82) is 0 Å². The van der Waals surface area contributed by atoms with Crippen LogP contribution in [0.25, 0.3) is 0 Å². The predicted octanol–water partition coefficient (Wildman–Crippen LogP) is 3.72. The van der Waals surface area contributed by atoms with Crippen LogP contribution < -0.4 is 5.32 Å². The summed E-state index contributed by atoms with van der Waals surface area (Å²) in [6.45, 7) is 2.74. The van der Waals surface area contributed by atoms with Gasteiger partial charge in [-0.05, 0) is 43.5 Å². The lowest BCUT2D eigenvalue weighted by Crippen LogP contribution is -2.42. The van der Waals surface area contributed by atoms with Crippen molar-refractivity contribution < 1.29 is 36.2 Å². The molecule has 2 N–H and O–H groups in total. The summed E-state index contributed by atoms with van der Waals surface area (Å²) >= 11 is 0. The van der Waals surface area contributed by atoms with Gasteiger partial charge in [-0.3, -0.25) is 0 Å². The van der Waals surface area contributed by atoms with Gasteiger partial charge in [-0.1, -0.05) is 12.1 Å². The first kappa shape index (κ1) is 20.3. The molecular weight excluding hydrogens is 340 g/mol. The van der Waals surface area contributed by atoms with Gasteiger partial charge in [-0.2, -0.15) is 13.2 Å². The fourth-order valence-electron chi connectivity index (χ4n) is 1.94. The van der Waals surface area contributed by atoms with E-state index >= 15 is 0 Å². The molecule has 0 aromatic heterocycles. The topological polar surface area (TPSA) is 49.3 Å². The molecule has 3 nitrogen and oxygen atoms in total. The lowest BCUT2D eigenvalue weighted by Gasteiger charge is -2.27. The number of hydrogen-bond acceptors (Lipinski definition) is 2. The molecule has 0 radical (unpaired) electrons. The molecule has 0 unspecified atom stereocenters. The Hall–Kier alpha value is -1.77. The Morgan fingerprint density at radius 2 is 1.79 bits per heavy atom. The normalized spacial score (nSPS) is 15.3. The maximum Gasteiger partial charge on any atom is 0.490 e. The number of benzene rings is 1. The lowest BCUT2D eigenvalue weighted by molar-refractivity contribution is -0.192. The highest BCUT2D eigenvalue weighted by molar-refractivity contribution is 5.73. The number of carboxylic acids is 1. The number of carbonyl (C=O) groups is 1. The molecule has 2 rings (SSSR count). The van der Waals surface area contributed by atoms with Crippen LogP contribution in [0, 0.1) is 11.7 Å². The van der Waals surface area contributed by atoms with Gasteiger partial charge in [0.25, 0.3) is 5.92 Å². The van der Waals surface area contributed by atoms with Gasteiger partial charge in [0, 0.05) is 12.5 Å². The molecule has 0 saturated carbocycles. The highest BCUT2D eigenvalue weighted by atomic mass is 19.4. The molecule has 1 saturated heterocycles. The van der Waals surface area contributed by atoms with Crippen LogP contribution in [0.2, 0.25) is 0 Å². The quantitative estimate of drug-likeness (QED) is 0.808. The molecule has 1 heterocycles. The Balaban J connectivity index is 0.000000351. The molecule has 0 aliphatic carbocycles. The summed E-state index contributed by atoms with van der Waals surface area (Å²) in [7, 11) is 0. The van der Waals surface area contributed by atoms with Gasteiger partial charge >= 0.3 is 12.1 Å². The molecule has 1 aliphatic rings. The Morgan fingerprint density at radius 1 is 1.25 bits per heavy atom. The lowest BCUT2D eigenvalue weighted by atomic mass is 9.94. The summed E-state index contributed by atoms with van der Waals surface area (Å²) in [5.41, 5.74) is 0.272. The van der Waals surface area contributed by atoms with Crippen molar-refractivity contribution in [3.05, 3.63) is 35.1 Å². The summed E-state index contributed by atoms with van der Waals surface area (Å²) in [5.74, 6) is -5.65. The van der Waals surface area contributed by atoms with Crippen molar-refractivity contribution in [1.82, 2.24) is 5.32 Å². The molecule has 136 valence electrons. The Kier molecular flexibility index (Phi) is 6.65. The van der Waals surface area contributed by atoms with Gasteiger partial charge in [-0.25, -0.2) is 18.0 Å². The first-order valence-corrected chi connectivity index (χ1v) is 7.09. The summed E-state index contributed by atoms with van der Waals surface area (Å²) in [5, 5.41) is 10.3. The molecular formula is C15H17F6NO2. The van der Waals surface area contributed by atoms with Crippen molar-refractivity contribution in [2.24, 2.45) is 5.92 Å². The zero-order valence-electron chi connectivity index (χ0n) is 12.8. The van der Waals surface area contributed by atoms with E-state index in [1.165, 1.54) is 12.1 Å². The number of rotatable bonds is 4. The Morgan fingerprint density at radius 3 is 2.12 bits per heavy atom. The second-order valence-electron chi connectivity index (χ2n) is 5.56. The summed E-state index contributed by atoms with van der Waals surface area (Å²) < 4.78 is 71.3. The molecule has 24 heavy (non-hydrogen) atoms. The van der Waals surface area contributed by atoms with Crippen LogP contribution >= 0.6 is 0 Å². The van der Waals surface area contributed by atoms with Crippen molar-refractivity contribution in [2.45, 2.75) is 31.9 Å². The molecule has 0 spiro atoms. The Labute approximate surface area is 134 Å². The summed E-state index contributed by atoms with van der Waals surface area (Å²) in [6, 6.07) is 3.75. The molecule has 0 amide bonds. The number of carboxylic acid groups (broad SMARTS) is 1. The first-order chi connectivity index (χ1) is 10.9. The fourth-order valence-corrected chi connectivity index (χ4v) is 1.94. The minimum atomic E-state index is -5.08. The third-order valence-corrected chi connectivity index (χ3v) is 3.49. The van der Waals surface area contributed by atoms with Crippen LogP contribution in [0.5, 0.6) is 0 Å². The second-order valence-corrected chi connectivity index (χ2v) is 5.56. The van der Waals surface area contributed by atoms with Crippen molar-refractivity contribution in [2.75, 3.05) is 13.1 Å².